The van der Waals surface area contributed by atoms with E-state index in [0.29, 0.717) is 24.1 Å². The zero-order chi connectivity index (χ0) is 13.7. The number of aliphatic hydroxyl groups is 1. The molecular formula is C16H17NO2. The van der Waals surface area contributed by atoms with Crippen molar-refractivity contribution < 1.29 is 9.90 Å². The van der Waals surface area contributed by atoms with E-state index >= 15 is 0 Å². The van der Waals surface area contributed by atoms with Crippen molar-refractivity contribution in [2.45, 2.75) is 13.0 Å². The van der Waals surface area contributed by atoms with Crippen LogP contribution in [0, 0.1) is 0 Å². The van der Waals surface area contributed by atoms with Crippen molar-refractivity contribution in [1.29, 1.82) is 0 Å². The third-order valence-electron chi connectivity index (χ3n) is 3.07. The highest BCUT2D eigenvalue weighted by molar-refractivity contribution is 6.08. The number of nitrogens with two attached hydrogens (primary N) is 1. The van der Waals surface area contributed by atoms with Gasteiger partial charge in [0.2, 0.25) is 0 Å². The van der Waals surface area contributed by atoms with Gasteiger partial charge in [0.05, 0.1) is 0 Å². The van der Waals surface area contributed by atoms with E-state index in [2.05, 4.69) is 0 Å². The number of ketones is 1. The number of hydrogen-bond acceptors (Lipinski definition) is 3. The van der Waals surface area contributed by atoms with Crippen LogP contribution >= 0.6 is 0 Å². The molecule has 0 aliphatic carbocycles. The van der Waals surface area contributed by atoms with Crippen molar-refractivity contribution in [3.05, 3.63) is 70.8 Å². The van der Waals surface area contributed by atoms with Crippen LogP contribution in [-0.2, 0) is 13.0 Å². The van der Waals surface area contributed by atoms with Crippen LogP contribution in [-0.4, -0.2) is 17.5 Å². The minimum absolute atomic E-state index is 0.000815. The minimum atomic E-state index is -0.000815. The van der Waals surface area contributed by atoms with E-state index in [-0.39, 0.29) is 12.4 Å². The molecule has 0 aliphatic rings. The number of aliphatic hydroxyl groups excluding tert-OH is 1. The Kier molecular flexibility index (Phi) is 4.44. The molecule has 0 radical (unpaired) electrons. The van der Waals surface area contributed by atoms with Crippen molar-refractivity contribution in [2.75, 3.05) is 6.61 Å². The van der Waals surface area contributed by atoms with Crippen LogP contribution in [0.4, 0.5) is 0 Å². The van der Waals surface area contributed by atoms with Gasteiger partial charge in [0, 0.05) is 24.3 Å². The summed E-state index contributed by atoms with van der Waals surface area (Å²) in [6.45, 7) is 0.595. The van der Waals surface area contributed by atoms with E-state index < -0.39 is 0 Å². The first-order valence-electron chi connectivity index (χ1n) is 6.28. The van der Waals surface area contributed by atoms with Gasteiger partial charge < -0.3 is 10.8 Å². The number of carbonyl (C=O) groups excluding carboxylic acids is 1. The molecule has 0 saturated carbocycles. The Morgan fingerprint density at radius 1 is 0.895 bits per heavy atom. The average molecular weight is 255 g/mol. The number of carbonyl (C=O) groups is 1. The molecule has 0 amide bonds. The van der Waals surface area contributed by atoms with Crippen LogP contribution in [0.1, 0.15) is 27.0 Å². The molecule has 19 heavy (non-hydrogen) atoms. The smallest absolute Gasteiger partial charge is 0.193 e. The van der Waals surface area contributed by atoms with Gasteiger partial charge in [-0.1, -0.05) is 48.5 Å². The highest BCUT2D eigenvalue weighted by atomic mass is 16.2. The molecule has 2 rings (SSSR count). The molecule has 2 aromatic rings. The number of benzene rings is 2. The van der Waals surface area contributed by atoms with Gasteiger partial charge in [-0.25, -0.2) is 0 Å². The summed E-state index contributed by atoms with van der Waals surface area (Å²) in [5, 5.41) is 8.85. The summed E-state index contributed by atoms with van der Waals surface area (Å²) < 4.78 is 0. The Morgan fingerprint density at radius 3 is 1.79 bits per heavy atom. The summed E-state index contributed by atoms with van der Waals surface area (Å²) >= 11 is 0. The first kappa shape index (κ1) is 13.5. The Morgan fingerprint density at radius 2 is 1.37 bits per heavy atom. The van der Waals surface area contributed by atoms with E-state index in [9.17, 15) is 4.79 Å². The molecule has 3 nitrogen and oxygen atoms in total. The van der Waals surface area contributed by atoms with E-state index in [0.717, 1.165) is 11.1 Å². The van der Waals surface area contributed by atoms with Crippen LogP contribution in [0.5, 0.6) is 0 Å². The molecule has 3 N–H and O–H groups in total. The monoisotopic (exact) mass is 255 g/mol. The Balaban J connectivity index is 2.18. The van der Waals surface area contributed by atoms with E-state index in [1.54, 1.807) is 24.3 Å². The largest absolute Gasteiger partial charge is 0.396 e. The quantitative estimate of drug-likeness (QED) is 0.802. The van der Waals surface area contributed by atoms with Crippen LogP contribution in [0.3, 0.4) is 0 Å². The molecule has 0 saturated heterocycles. The minimum Gasteiger partial charge on any atom is -0.396 e. The molecule has 3 heteroatoms. The topological polar surface area (TPSA) is 63.3 Å². The van der Waals surface area contributed by atoms with Crippen molar-refractivity contribution >= 4 is 5.78 Å². The molecule has 0 atom stereocenters. The Labute approximate surface area is 112 Å². The van der Waals surface area contributed by atoms with Crippen LogP contribution in [0.25, 0.3) is 0 Å². The number of hydrogen-bond donors (Lipinski definition) is 2. The SMILES string of the molecule is NCc1ccc(C(=O)c2ccc(CCO)cc2)cc1. The fraction of sp³-hybridized carbons (Fsp3) is 0.188. The van der Waals surface area contributed by atoms with Gasteiger partial charge in [0.1, 0.15) is 0 Å². The summed E-state index contributed by atoms with van der Waals surface area (Å²) in [6.07, 6.45) is 0.611. The summed E-state index contributed by atoms with van der Waals surface area (Å²) in [6, 6.07) is 14.7. The van der Waals surface area contributed by atoms with Gasteiger partial charge in [0.25, 0.3) is 0 Å². The molecule has 98 valence electrons. The predicted octanol–water partition coefficient (Wildman–Crippen LogP) is 1.91. The Hall–Kier alpha value is -1.97. The van der Waals surface area contributed by atoms with Crippen LogP contribution in [0.2, 0.25) is 0 Å². The van der Waals surface area contributed by atoms with Gasteiger partial charge in [-0.3, -0.25) is 4.79 Å². The molecule has 0 heterocycles. The standard InChI is InChI=1S/C16H17NO2/c17-11-13-3-7-15(8-4-13)16(19)14-5-1-12(2-6-14)9-10-18/h1-8,18H,9-11,17H2. The lowest BCUT2D eigenvalue weighted by molar-refractivity contribution is 0.103. The van der Waals surface area contributed by atoms with E-state index in [1.165, 1.54) is 0 Å². The van der Waals surface area contributed by atoms with Crippen molar-refractivity contribution in [3.8, 4) is 0 Å². The molecule has 2 aromatic carbocycles. The predicted molar refractivity (Wildman–Crippen MR) is 75.0 cm³/mol. The van der Waals surface area contributed by atoms with E-state index in [1.807, 2.05) is 24.3 Å². The normalized spacial score (nSPS) is 10.4. The second-order valence-electron chi connectivity index (χ2n) is 4.40. The number of rotatable bonds is 5. The van der Waals surface area contributed by atoms with Crippen molar-refractivity contribution in [1.82, 2.24) is 0 Å². The van der Waals surface area contributed by atoms with Gasteiger partial charge in [-0.15, -0.1) is 0 Å². The lowest BCUT2D eigenvalue weighted by Gasteiger charge is -2.04. The molecule has 0 spiro atoms. The molecule has 0 aliphatic heterocycles. The van der Waals surface area contributed by atoms with E-state index in [4.69, 9.17) is 10.8 Å². The zero-order valence-electron chi connectivity index (χ0n) is 10.7. The van der Waals surface area contributed by atoms with Gasteiger partial charge in [-0.2, -0.15) is 0 Å². The fourth-order valence-electron chi connectivity index (χ4n) is 1.91. The van der Waals surface area contributed by atoms with Gasteiger partial charge >= 0.3 is 0 Å². The molecule has 0 fully saturated rings. The molecular weight excluding hydrogens is 238 g/mol. The second kappa shape index (κ2) is 6.27. The lowest BCUT2D eigenvalue weighted by Crippen LogP contribution is -2.03. The maximum absolute atomic E-state index is 12.2. The van der Waals surface area contributed by atoms with Gasteiger partial charge in [0.15, 0.2) is 5.78 Å². The maximum Gasteiger partial charge on any atom is 0.193 e. The van der Waals surface area contributed by atoms with Crippen molar-refractivity contribution in [2.24, 2.45) is 5.73 Å². The first-order chi connectivity index (χ1) is 9.24. The first-order valence-corrected chi connectivity index (χ1v) is 6.28. The average Bonchev–Trinajstić information content (AvgIpc) is 2.48. The maximum atomic E-state index is 12.2. The summed E-state index contributed by atoms with van der Waals surface area (Å²) in [5.41, 5.74) is 8.88. The van der Waals surface area contributed by atoms with Crippen molar-refractivity contribution in [3.63, 3.8) is 0 Å². The Bertz CT molecular complexity index is 544. The lowest BCUT2D eigenvalue weighted by atomic mass is 10.0. The summed E-state index contributed by atoms with van der Waals surface area (Å²) in [5.74, 6) is -0.000815. The van der Waals surface area contributed by atoms with Crippen LogP contribution < -0.4 is 5.73 Å². The third-order valence-corrected chi connectivity index (χ3v) is 3.07. The summed E-state index contributed by atoms with van der Waals surface area (Å²) in [7, 11) is 0. The summed E-state index contributed by atoms with van der Waals surface area (Å²) in [4.78, 5) is 12.2. The molecule has 0 unspecified atom stereocenters. The molecule has 0 aromatic heterocycles. The van der Waals surface area contributed by atoms with Gasteiger partial charge in [-0.05, 0) is 17.5 Å². The molecule has 0 bridgehead atoms. The highest BCUT2D eigenvalue weighted by Crippen LogP contribution is 2.12. The second-order valence-corrected chi connectivity index (χ2v) is 4.40. The zero-order valence-corrected chi connectivity index (χ0v) is 10.7. The van der Waals surface area contributed by atoms with Crippen LogP contribution in [0.15, 0.2) is 48.5 Å². The fourth-order valence-corrected chi connectivity index (χ4v) is 1.91. The highest BCUT2D eigenvalue weighted by Gasteiger charge is 2.08. The third kappa shape index (κ3) is 3.28.